The van der Waals surface area contributed by atoms with Crippen LogP contribution in [0.3, 0.4) is 0 Å². The van der Waals surface area contributed by atoms with E-state index in [4.69, 9.17) is 4.74 Å². The number of aryl methyl sites for hydroxylation is 1. The summed E-state index contributed by atoms with van der Waals surface area (Å²) in [7, 11) is 1.73. The van der Waals surface area contributed by atoms with Crippen molar-refractivity contribution < 1.29 is 4.74 Å². The fraction of sp³-hybridized carbons (Fsp3) is 0.500. The Morgan fingerprint density at radius 3 is 2.57 bits per heavy atom. The van der Waals surface area contributed by atoms with E-state index in [2.05, 4.69) is 39.0 Å². The van der Waals surface area contributed by atoms with E-state index in [1.807, 2.05) is 11.8 Å². The van der Waals surface area contributed by atoms with E-state index in [1.54, 1.807) is 7.11 Å². The van der Waals surface area contributed by atoms with Gasteiger partial charge in [-0.25, -0.2) is 0 Å². The molecule has 78 valence electrons. The van der Waals surface area contributed by atoms with Gasteiger partial charge in [0.15, 0.2) is 0 Å². The lowest BCUT2D eigenvalue weighted by Gasteiger charge is -2.10. The Bertz CT molecular complexity index is 294. The third kappa shape index (κ3) is 2.95. The van der Waals surface area contributed by atoms with Crippen molar-refractivity contribution in [1.82, 2.24) is 0 Å². The van der Waals surface area contributed by atoms with Crippen molar-refractivity contribution in [2.24, 2.45) is 0 Å². The number of hydrogen-bond donors (Lipinski definition) is 0. The topological polar surface area (TPSA) is 9.23 Å². The Morgan fingerprint density at radius 1 is 1.36 bits per heavy atom. The van der Waals surface area contributed by atoms with Crippen molar-refractivity contribution in [2.75, 3.05) is 7.11 Å². The fourth-order valence-corrected chi connectivity index (χ4v) is 2.28. The van der Waals surface area contributed by atoms with Crippen molar-refractivity contribution >= 4 is 11.8 Å². The fourth-order valence-electron chi connectivity index (χ4n) is 1.38. The number of rotatable bonds is 4. The quantitative estimate of drug-likeness (QED) is 0.700. The second-order valence-corrected chi connectivity index (χ2v) is 5.14. The number of ether oxygens (including phenoxy) is 1. The van der Waals surface area contributed by atoms with Gasteiger partial charge in [-0.2, -0.15) is 0 Å². The van der Waals surface area contributed by atoms with Crippen molar-refractivity contribution in [3.05, 3.63) is 23.8 Å². The summed E-state index contributed by atoms with van der Waals surface area (Å²) in [6.45, 7) is 6.57. The van der Waals surface area contributed by atoms with Gasteiger partial charge in [-0.05, 0) is 30.2 Å². The summed E-state index contributed by atoms with van der Waals surface area (Å²) in [5.74, 6) is 1.00. The van der Waals surface area contributed by atoms with E-state index in [9.17, 15) is 0 Å². The summed E-state index contributed by atoms with van der Waals surface area (Å²) in [6.07, 6.45) is 1.02. The van der Waals surface area contributed by atoms with Crippen LogP contribution in [0, 0.1) is 0 Å². The summed E-state index contributed by atoms with van der Waals surface area (Å²) in [4.78, 5) is 1.33. The Labute approximate surface area is 90.9 Å². The molecule has 0 amide bonds. The molecule has 0 atom stereocenters. The van der Waals surface area contributed by atoms with Gasteiger partial charge in [-0.3, -0.25) is 0 Å². The average Bonchev–Trinajstić information content (AvgIpc) is 2.16. The van der Waals surface area contributed by atoms with E-state index < -0.39 is 0 Å². The first-order chi connectivity index (χ1) is 6.67. The highest BCUT2D eigenvalue weighted by Crippen LogP contribution is 2.28. The van der Waals surface area contributed by atoms with Crippen LogP contribution in [0.15, 0.2) is 23.1 Å². The van der Waals surface area contributed by atoms with Crippen LogP contribution in [0.1, 0.15) is 26.3 Å². The lowest BCUT2D eigenvalue weighted by Crippen LogP contribution is -1.92. The molecule has 1 rings (SSSR count). The largest absolute Gasteiger partial charge is 0.496 e. The van der Waals surface area contributed by atoms with Crippen LogP contribution < -0.4 is 4.74 Å². The van der Waals surface area contributed by atoms with Crippen LogP contribution in [-0.2, 0) is 6.42 Å². The zero-order valence-corrected chi connectivity index (χ0v) is 10.1. The van der Waals surface area contributed by atoms with Crippen molar-refractivity contribution in [3.63, 3.8) is 0 Å². The molecule has 0 saturated heterocycles. The molecule has 0 heterocycles. The SMILES string of the molecule is CCc1cc(SC(C)C)ccc1OC. The van der Waals surface area contributed by atoms with Crippen LogP contribution in [0.25, 0.3) is 0 Å². The lowest BCUT2D eigenvalue weighted by molar-refractivity contribution is 0.409. The number of thioether (sulfide) groups is 1. The molecule has 14 heavy (non-hydrogen) atoms. The minimum atomic E-state index is 0.633. The van der Waals surface area contributed by atoms with Gasteiger partial charge >= 0.3 is 0 Å². The van der Waals surface area contributed by atoms with Gasteiger partial charge in [0, 0.05) is 10.1 Å². The van der Waals surface area contributed by atoms with Crippen LogP contribution in [0.2, 0.25) is 0 Å². The zero-order valence-electron chi connectivity index (χ0n) is 9.33. The van der Waals surface area contributed by atoms with Gasteiger partial charge in [0.1, 0.15) is 5.75 Å². The molecule has 0 aromatic heterocycles. The van der Waals surface area contributed by atoms with Crippen LogP contribution in [-0.4, -0.2) is 12.4 Å². The van der Waals surface area contributed by atoms with E-state index in [0.29, 0.717) is 5.25 Å². The Morgan fingerprint density at radius 2 is 2.07 bits per heavy atom. The number of hydrogen-bond acceptors (Lipinski definition) is 2. The molecule has 0 saturated carbocycles. The minimum Gasteiger partial charge on any atom is -0.496 e. The molecule has 0 fully saturated rings. The highest BCUT2D eigenvalue weighted by atomic mass is 32.2. The van der Waals surface area contributed by atoms with Gasteiger partial charge < -0.3 is 4.74 Å². The summed E-state index contributed by atoms with van der Waals surface area (Å²) in [5.41, 5.74) is 1.29. The first-order valence-corrected chi connectivity index (χ1v) is 5.89. The van der Waals surface area contributed by atoms with Gasteiger partial charge in [0.25, 0.3) is 0 Å². The Balaban J connectivity index is 2.89. The molecule has 1 aromatic carbocycles. The molecule has 0 bridgehead atoms. The van der Waals surface area contributed by atoms with E-state index in [-0.39, 0.29) is 0 Å². The highest BCUT2D eigenvalue weighted by Gasteiger charge is 2.04. The second kappa shape index (κ2) is 5.30. The molecule has 2 heteroatoms. The van der Waals surface area contributed by atoms with Gasteiger partial charge in [0.05, 0.1) is 7.11 Å². The maximum absolute atomic E-state index is 5.29. The molecule has 0 unspecified atom stereocenters. The number of methoxy groups -OCH3 is 1. The van der Waals surface area contributed by atoms with E-state index in [1.165, 1.54) is 10.5 Å². The molecule has 0 aliphatic rings. The maximum Gasteiger partial charge on any atom is 0.122 e. The van der Waals surface area contributed by atoms with Gasteiger partial charge in [-0.1, -0.05) is 20.8 Å². The Hall–Kier alpha value is -0.630. The summed E-state index contributed by atoms with van der Waals surface area (Å²) in [5, 5.41) is 0.633. The lowest BCUT2D eigenvalue weighted by atomic mass is 10.1. The monoisotopic (exact) mass is 210 g/mol. The van der Waals surface area contributed by atoms with Crippen molar-refractivity contribution in [1.29, 1.82) is 0 Å². The van der Waals surface area contributed by atoms with E-state index >= 15 is 0 Å². The first-order valence-electron chi connectivity index (χ1n) is 5.01. The molecule has 0 spiro atoms. The minimum absolute atomic E-state index is 0.633. The molecule has 0 aliphatic carbocycles. The standard InChI is InChI=1S/C12H18OS/c1-5-10-8-11(14-9(2)3)6-7-12(10)13-4/h6-9H,5H2,1-4H3. The number of benzene rings is 1. The normalized spacial score (nSPS) is 10.6. The Kier molecular flexibility index (Phi) is 4.33. The van der Waals surface area contributed by atoms with Gasteiger partial charge in [0.2, 0.25) is 0 Å². The molecule has 0 aliphatic heterocycles. The molecule has 1 aromatic rings. The predicted molar refractivity (Wildman–Crippen MR) is 63.4 cm³/mol. The summed E-state index contributed by atoms with van der Waals surface area (Å²) in [6, 6.07) is 6.41. The maximum atomic E-state index is 5.29. The molecule has 1 nitrogen and oxygen atoms in total. The second-order valence-electron chi connectivity index (χ2n) is 3.49. The zero-order chi connectivity index (χ0) is 10.6. The van der Waals surface area contributed by atoms with Crippen molar-refractivity contribution in [2.45, 2.75) is 37.3 Å². The highest BCUT2D eigenvalue weighted by molar-refractivity contribution is 7.99. The third-order valence-corrected chi connectivity index (χ3v) is 3.00. The smallest absolute Gasteiger partial charge is 0.122 e. The molecule has 0 N–H and O–H groups in total. The van der Waals surface area contributed by atoms with Crippen LogP contribution in [0.4, 0.5) is 0 Å². The first kappa shape index (κ1) is 11.4. The van der Waals surface area contributed by atoms with Crippen LogP contribution >= 0.6 is 11.8 Å². The third-order valence-electron chi connectivity index (χ3n) is 2.00. The summed E-state index contributed by atoms with van der Waals surface area (Å²) >= 11 is 1.89. The molecular weight excluding hydrogens is 192 g/mol. The van der Waals surface area contributed by atoms with Crippen LogP contribution in [0.5, 0.6) is 5.75 Å². The average molecular weight is 210 g/mol. The van der Waals surface area contributed by atoms with Crippen molar-refractivity contribution in [3.8, 4) is 5.75 Å². The predicted octanol–water partition coefficient (Wildman–Crippen LogP) is 3.76. The van der Waals surface area contributed by atoms with E-state index in [0.717, 1.165) is 12.2 Å². The molecule has 0 radical (unpaired) electrons. The molecular formula is C12H18OS. The van der Waals surface area contributed by atoms with Gasteiger partial charge in [-0.15, -0.1) is 11.8 Å². The summed E-state index contributed by atoms with van der Waals surface area (Å²) < 4.78 is 5.29.